The summed E-state index contributed by atoms with van der Waals surface area (Å²) in [6.45, 7) is 5.21. The molecular weight excluding hydrogens is 412 g/mol. The highest BCUT2D eigenvalue weighted by atomic mass is 16.6. The molecule has 0 radical (unpaired) electrons. The Hall–Kier alpha value is -3.87. The summed E-state index contributed by atoms with van der Waals surface area (Å²) in [7, 11) is 0. The first-order valence-corrected chi connectivity index (χ1v) is 10.0. The first-order chi connectivity index (χ1) is 15.2. The fourth-order valence-electron chi connectivity index (χ4n) is 3.34. The average molecular weight is 436 g/mol. The lowest BCUT2D eigenvalue weighted by Gasteiger charge is -2.23. The van der Waals surface area contributed by atoms with Crippen molar-refractivity contribution >= 4 is 17.5 Å². The maximum absolute atomic E-state index is 13.1. The van der Waals surface area contributed by atoms with Crippen LogP contribution in [0, 0.1) is 6.92 Å². The van der Waals surface area contributed by atoms with Crippen LogP contribution < -0.4 is 4.74 Å². The molecule has 0 unspecified atom stereocenters. The lowest BCUT2D eigenvalue weighted by atomic mass is 9.85. The van der Waals surface area contributed by atoms with Crippen LogP contribution in [0.2, 0.25) is 0 Å². The van der Waals surface area contributed by atoms with Gasteiger partial charge in [0.2, 0.25) is 0 Å². The van der Waals surface area contributed by atoms with Gasteiger partial charge < -0.3 is 19.7 Å². The number of esters is 1. The third-order valence-corrected chi connectivity index (χ3v) is 4.89. The highest BCUT2D eigenvalue weighted by Crippen LogP contribution is 2.36. The van der Waals surface area contributed by atoms with Gasteiger partial charge in [0.1, 0.15) is 23.4 Å². The second-order valence-electron chi connectivity index (χ2n) is 7.75. The first kappa shape index (κ1) is 22.8. The van der Waals surface area contributed by atoms with E-state index in [-0.39, 0.29) is 29.7 Å². The third-order valence-electron chi connectivity index (χ3n) is 4.89. The lowest BCUT2D eigenvalue weighted by molar-refractivity contribution is -0.149. The van der Waals surface area contributed by atoms with E-state index < -0.39 is 35.1 Å². The maximum atomic E-state index is 13.1. The second kappa shape index (κ2) is 9.51. The number of ketones is 2. The van der Waals surface area contributed by atoms with E-state index in [4.69, 9.17) is 9.47 Å². The summed E-state index contributed by atoms with van der Waals surface area (Å²) in [5, 5.41) is 20.1. The monoisotopic (exact) mass is 436 g/mol. The van der Waals surface area contributed by atoms with Crippen molar-refractivity contribution in [2.75, 3.05) is 6.61 Å². The topological polar surface area (TPSA) is 110 Å². The van der Waals surface area contributed by atoms with Crippen LogP contribution in [0.4, 0.5) is 0 Å². The van der Waals surface area contributed by atoms with Crippen LogP contribution in [0.15, 0.2) is 59.7 Å². The number of benzene rings is 2. The van der Waals surface area contributed by atoms with Gasteiger partial charge in [-0.1, -0.05) is 23.8 Å². The third kappa shape index (κ3) is 5.06. The SMILES string of the molecule is CC(C)=CC[C@@H](OC(=O)COc1cccc(C)c1)C1=CC(=O)c2c(O)ccc(O)c2C1=O. The number of Topliss-reactive ketones (excluding diaryl/α,β-unsaturated/α-hetero) is 1. The van der Waals surface area contributed by atoms with E-state index in [0.29, 0.717) is 5.75 Å². The molecular formula is C25H24O7. The summed E-state index contributed by atoms with van der Waals surface area (Å²) in [5.41, 5.74) is 1.24. The molecule has 0 heterocycles. The first-order valence-electron chi connectivity index (χ1n) is 10.0. The van der Waals surface area contributed by atoms with Crippen LogP contribution in [0.5, 0.6) is 17.2 Å². The van der Waals surface area contributed by atoms with E-state index in [9.17, 15) is 24.6 Å². The number of carbonyl (C=O) groups excluding carboxylic acids is 3. The van der Waals surface area contributed by atoms with Gasteiger partial charge in [0.05, 0.1) is 11.1 Å². The van der Waals surface area contributed by atoms with Crippen LogP contribution in [0.3, 0.4) is 0 Å². The highest BCUT2D eigenvalue weighted by molar-refractivity contribution is 6.27. The Labute approximate surface area is 185 Å². The fraction of sp³-hybridized carbons (Fsp3) is 0.240. The molecule has 1 aliphatic carbocycles. The van der Waals surface area contributed by atoms with Gasteiger partial charge >= 0.3 is 5.97 Å². The molecule has 3 rings (SSSR count). The summed E-state index contributed by atoms with van der Waals surface area (Å²) < 4.78 is 11.0. The van der Waals surface area contributed by atoms with E-state index in [1.54, 1.807) is 24.3 Å². The Balaban J connectivity index is 1.84. The van der Waals surface area contributed by atoms with Gasteiger partial charge in [-0.15, -0.1) is 0 Å². The Morgan fingerprint density at radius 3 is 2.41 bits per heavy atom. The van der Waals surface area contributed by atoms with Crippen molar-refractivity contribution in [3.8, 4) is 17.2 Å². The fourth-order valence-corrected chi connectivity index (χ4v) is 3.34. The average Bonchev–Trinajstić information content (AvgIpc) is 2.74. The molecule has 2 aromatic carbocycles. The standard InChI is InChI=1S/C25H24O7/c1-14(2)7-10-21(32-22(29)13-31-16-6-4-5-15(3)11-16)17-12-20(28)23-18(26)8-9-19(27)24(23)25(17)30/h4-9,11-12,21,26-27H,10,13H2,1-3H3/t21-/m1/s1. The molecule has 1 aliphatic rings. The number of rotatable bonds is 7. The van der Waals surface area contributed by atoms with Gasteiger partial charge in [-0.3, -0.25) is 9.59 Å². The van der Waals surface area contributed by atoms with E-state index in [1.165, 1.54) is 0 Å². The van der Waals surface area contributed by atoms with Gasteiger partial charge in [-0.25, -0.2) is 4.79 Å². The maximum Gasteiger partial charge on any atom is 0.344 e. The minimum Gasteiger partial charge on any atom is -0.507 e. The molecule has 32 heavy (non-hydrogen) atoms. The number of ether oxygens (including phenoxy) is 2. The number of carbonyl (C=O) groups is 3. The van der Waals surface area contributed by atoms with Crippen LogP contribution in [-0.4, -0.2) is 40.5 Å². The van der Waals surface area contributed by atoms with Crippen molar-refractivity contribution in [1.29, 1.82) is 0 Å². The van der Waals surface area contributed by atoms with E-state index in [0.717, 1.165) is 29.3 Å². The number of phenolic OH excluding ortho intramolecular Hbond substituents is 2. The molecule has 0 spiro atoms. The molecule has 2 aromatic rings. The number of phenols is 2. The molecule has 0 aliphatic heterocycles. The van der Waals surface area contributed by atoms with Crippen molar-refractivity contribution in [2.45, 2.75) is 33.3 Å². The van der Waals surface area contributed by atoms with Crippen LogP contribution in [-0.2, 0) is 9.53 Å². The zero-order valence-electron chi connectivity index (χ0n) is 18.0. The number of hydrogen-bond donors (Lipinski definition) is 2. The van der Waals surface area contributed by atoms with E-state index in [2.05, 4.69) is 0 Å². The number of fused-ring (bicyclic) bond motifs is 1. The molecule has 0 bridgehead atoms. The predicted molar refractivity (Wildman–Crippen MR) is 117 cm³/mol. The van der Waals surface area contributed by atoms with Gasteiger partial charge in [0, 0.05) is 12.0 Å². The van der Waals surface area contributed by atoms with Crippen molar-refractivity contribution < 1.29 is 34.1 Å². The molecule has 0 amide bonds. The molecule has 7 nitrogen and oxygen atoms in total. The number of allylic oxidation sites excluding steroid dienone is 2. The van der Waals surface area contributed by atoms with Gasteiger partial charge in [-0.2, -0.15) is 0 Å². The van der Waals surface area contributed by atoms with Crippen molar-refractivity contribution in [1.82, 2.24) is 0 Å². The Morgan fingerprint density at radius 2 is 1.75 bits per heavy atom. The Morgan fingerprint density at radius 1 is 1.06 bits per heavy atom. The zero-order chi connectivity index (χ0) is 23.4. The number of aromatic hydroxyl groups is 2. The van der Waals surface area contributed by atoms with Crippen LogP contribution >= 0.6 is 0 Å². The van der Waals surface area contributed by atoms with Gasteiger partial charge in [0.15, 0.2) is 18.2 Å². The molecule has 1 atom stereocenters. The molecule has 2 N–H and O–H groups in total. The van der Waals surface area contributed by atoms with Gasteiger partial charge in [-0.05, 0) is 56.7 Å². The summed E-state index contributed by atoms with van der Waals surface area (Å²) >= 11 is 0. The van der Waals surface area contributed by atoms with Gasteiger partial charge in [0.25, 0.3) is 0 Å². The molecule has 0 aromatic heterocycles. The summed E-state index contributed by atoms with van der Waals surface area (Å²) in [4.78, 5) is 38.2. The normalized spacial score (nSPS) is 13.7. The lowest BCUT2D eigenvalue weighted by Crippen LogP contribution is -2.30. The number of aryl methyl sites for hydroxylation is 1. The Bertz CT molecular complexity index is 1140. The molecule has 166 valence electrons. The zero-order valence-corrected chi connectivity index (χ0v) is 18.0. The Kier molecular flexibility index (Phi) is 6.78. The van der Waals surface area contributed by atoms with E-state index in [1.807, 2.05) is 26.8 Å². The molecule has 0 saturated carbocycles. The molecule has 0 saturated heterocycles. The minimum absolute atomic E-state index is 0.0789. The summed E-state index contributed by atoms with van der Waals surface area (Å²) in [6, 6.07) is 9.44. The van der Waals surface area contributed by atoms with E-state index >= 15 is 0 Å². The molecule has 0 fully saturated rings. The second-order valence-corrected chi connectivity index (χ2v) is 7.75. The summed E-state index contributed by atoms with van der Waals surface area (Å²) in [5.74, 6) is -2.40. The molecule has 7 heteroatoms. The highest BCUT2D eigenvalue weighted by Gasteiger charge is 2.35. The smallest absolute Gasteiger partial charge is 0.344 e. The van der Waals surface area contributed by atoms with Crippen molar-refractivity contribution in [3.05, 3.63) is 76.4 Å². The number of hydrogen-bond acceptors (Lipinski definition) is 7. The van der Waals surface area contributed by atoms with Crippen molar-refractivity contribution in [3.63, 3.8) is 0 Å². The minimum atomic E-state index is -1.06. The summed E-state index contributed by atoms with van der Waals surface area (Å²) in [6.07, 6.45) is 1.90. The predicted octanol–water partition coefficient (Wildman–Crippen LogP) is 4.06. The van der Waals surface area contributed by atoms with Crippen LogP contribution in [0.25, 0.3) is 0 Å². The quantitative estimate of drug-likeness (QED) is 0.383. The van der Waals surface area contributed by atoms with Crippen molar-refractivity contribution in [2.24, 2.45) is 0 Å². The van der Waals surface area contributed by atoms with Crippen LogP contribution in [0.1, 0.15) is 46.5 Å². The largest absolute Gasteiger partial charge is 0.507 e.